The third-order valence-corrected chi connectivity index (χ3v) is 3.04. The lowest BCUT2D eigenvalue weighted by Gasteiger charge is -2.17. The van der Waals surface area contributed by atoms with Crippen LogP contribution in [0.25, 0.3) is 0 Å². The SMILES string of the molecule is CC(C)OC(=O)CCc1ccccc1N1CC(=O)NC1=O. The van der Waals surface area contributed by atoms with Gasteiger partial charge in [-0.15, -0.1) is 0 Å². The molecule has 1 aromatic carbocycles. The number of imide groups is 1. The molecule has 0 atom stereocenters. The van der Waals surface area contributed by atoms with Crippen LogP contribution in [0.2, 0.25) is 0 Å². The highest BCUT2D eigenvalue weighted by Gasteiger charge is 2.29. The Balaban J connectivity index is 2.09. The zero-order chi connectivity index (χ0) is 15.4. The van der Waals surface area contributed by atoms with E-state index in [1.165, 1.54) is 4.90 Å². The fraction of sp³-hybridized carbons (Fsp3) is 0.400. The van der Waals surface area contributed by atoms with Crippen LogP contribution < -0.4 is 10.2 Å². The van der Waals surface area contributed by atoms with Crippen LogP contribution >= 0.6 is 0 Å². The van der Waals surface area contributed by atoms with E-state index in [0.717, 1.165) is 5.56 Å². The van der Waals surface area contributed by atoms with Crippen LogP contribution in [0, 0.1) is 0 Å². The van der Waals surface area contributed by atoms with Gasteiger partial charge in [-0.2, -0.15) is 0 Å². The molecule has 1 fully saturated rings. The summed E-state index contributed by atoms with van der Waals surface area (Å²) in [4.78, 5) is 36.0. The van der Waals surface area contributed by atoms with Gasteiger partial charge in [0.05, 0.1) is 6.10 Å². The van der Waals surface area contributed by atoms with Gasteiger partial charge in [0, 0.05) is 12.1 Å². The maximum absolute atomic E-state index is 11.7. The second kappa shape index (κ2) is 6.39. The van der Waals surface area contributed by atoms with Crippen molar-refractivity contribution in [3.8, 4) is 0 Å². The van der Waals surface area contributed by atoms with Crippen molar-refractivity contribution in [3.63, 3.8) is 0 Å². The van der Waals surface area contributed by atoms with E-state index >= 15 is 0 Å². The van der Waals surface area contributed by atoms with Crippen LogP contribution in [0.15, 0.2) is 24.3 Å². The smallest absolute Gasteiger partial charge is 0.329 e. The number of aryl methyl sites for hydroxylation is 1. The molecule has 0 aromatic heterocycles. The molecule has 0 bridgehead atoms. The third-order valence-electron chi connectivity index (χ3n) is 3.04. The highest BCUT2D eigenvalue weighted by Crippen LogP contribution is 2.23. The summed E-state index contributed by atoms with van der Waals surface area (Å²) in [6, 6.07) is 6.80. The number of hydrogen-bond acceptors (Lipinski definition) is 4. The Kier molecular flexibility index (Phi) is 4.57. The second-order valence-electron chi connectivity index (χ2n) is 5.11. The number of urea groups is 1. The van der Waals surface area contributed by atoms with Gasteiger partial charge in [-0.25, -0.2) is 4.79 Å². The molecule has 3 amide bonds. The Morgan fingerprint density at radius 3 is 2.67 bits per heavy atom. The summed E-state index contributed by atoms with van der Waals surface area (Å²) in [6.07, 6.45) is 0.549. The summed E-state index contributed by atoms with van der Waals surface area (Å²) >= 11 is 0. The summed E-state index contributed by atoms with van der Waals surface area (Å²) in [6.45, 7) is 3.60. The number of carbonyl (C=O) groups excluding carboxylic acids is 3. The molecule has 1 aromatic rings. The number of hydrogen-bond donors (Lipinski definition) is 1. The summed E-state index contributed by atoms with van der Waals surface area (Å²) in [5, 5.41) is 2.24. The van der Waals surface area contributed by atoms with Gasteiger partial charge in [-0.05, 0) is 31.9 Å². The minimum Gasteiger partial charge on any atom is -0.463 e. The zero-order valence-electron chi connectivity index (χ0n) is 12.1. The molecule has 1 N–H and O–H groups in total. The van der Waals surface area contributed by atoms with Gasteiger partial charge < -0.3 is 4.74 Å². The van der Waals surface area contributed by atoms with Crippen molar-refractivity contribution < 1.29 is 19.1 Å². The Labute approximate surface area is 123 Å². The summed E-state index contributed by atoms with van der Waals surface area (Å²) in [5.41, 5.74) is 1.49. The molecular weight excluding hydrogens is 272 g/mol. The van der Waals surface area contributed by atoms with E-state index in [1.807, 2.05) is 12.1 Å². The molecule has 1 heterocycles. The molecule has 0 radical (unpaired) electrons. The first-order valence-electron chi connectivity index (χ1n) is 6.86. The largest absolute Gasteiger partial charge is 0.463 e. The van der Waals surface area contributed by atoms with Crippen molar-refractivity contribution in [1.29, 1.82) is 0 Å². The van der Waals surface area contributed by atoms with E-state index in [2.05, 4.69) is 5.32 Å². The van der Waals surface area contributed by atoms with Crippen molar-refractivity contribution >= 4 is 23.6 Å². The lowest BCUT2D eigenvalue weighted by atomic mass is 10.1. The molecule has 2 rings (SSSR count). The van der Waals surface area contributed by atoms with Gasteiger partial charge in [0.15, 0.2) is 0 Å². The minimum absolute atomic E-state index is 0.00624. The first kappa shape index (κ1) is 15.0. The van der Waals surface area contributed by atoms with Crippen LogP contribution in [0.1, 0.15) is 25.8 Å². The molecule has 1 aliphatic rings. The van der Waals surface area contributed by atoms with Crippen LogP contribution in [0.3, 0.4) is 0 Å². The number of esters is 1. The van der Waals surface area contributed by atoms with Crippen molar-refractivity contribution in [2.45, 2.75) is 32.8 Å². The number of rotatable bonds is 5. The van der Waals surface area contributed by atoms with E-state index in [1.54, 1.807) is 26.0 Å². The zero-order valence-corrected chi connectivity index (χ0v) is 12.1. The number of ether oxygens (including phenoxy) is 1. The van der Waals surface area contributed by atoms with Crippen molar-refractivity contribution in [2.75, 3.05) is 11.4 Å². The first-order valence-corrected chi connectivity index (χ1v) is 6.86. The molecule has 6 nitrogen and oxygen atoms in total. The average Bonchev–Trinajstić information content (AvgIpc) is 2.75. The molecule has 1 aliphatic heterocycles. The maximum Gasteiger partial charge on any atom is 0.329 e. The van der Waals surface area contributed by atoms with Crippen LogP contribution in [-0.2, 0) is 20.7 Å². The number of anilines is 1. The molecule has 1 saturated heterocycles. The number of nitrogens with zero attached hydrogens (tertiary/aromatic N) is 1. The Hall–Kier alpha value is -2.37. The fourth-order valence-electron chi connectivity index (χ4n) is 2.18. The molecule has 0 aliphatic carbocycles. The standard InChI is InChI=1S/C15H18N2O4/c1-10(2)21-14(19)8-7-11-5-3-4-6-12(11)17-9-13(18)16-15(17)20/h3-6,10H,7-9H2,1-2H3,(H,16,18,20). The van der Waals surface area contributed by atoms with Gasteiger partial charge in [0.25, 0.3) is 0 Å². The van der Waals surface area contributed by atoms with Gasteiger partial charge in [-0.1, -0.05) is 18.2 Å². The van der Waals surface area contributed by atoms with Crippen molar-refractivity contribution in [1.82, 2.24) is 5.32 Å². The molecular formula is C15H18N2O4. The third kappa shape index (κ3) is 3.81. The molecule has 0 spiro atoms. The van der Waals surface area contributed by atoms with Crippen LogP contribution in [-0.4, -0.2) is 30.6 Å². The molecule has 6 heteroatoms. The highest BCUT2D eigenvalue weighted by molar-refractivity contribution is 6.12. The van der Waals surface area contributed by atoms with E-state index in [4.69, 9.17) is 4.74 Å². The quantitative estimate of drug-likeness (QED) is 0.660. The number of benzene rings is 1. The summed E-state index contributed by atoms with van der Waals surface area (Å²) < 4.78 is 5.09. The van der Waals surface area contributed by atoms with Gasteiger partial charge in [0.2, 0.25) is 5.91 Å². The number of para-hydroxylation sites is 1. The number of amides is 3. The van der Waals surface area contributed by atoms with E-state index in [-0.39, 0.29) is 30.9 Å². The number of nitrogens with one attached hydrogen (secondary N) is 1. The molecule has 0 saturated carbocycles. The monoisotopic (exact) mass is 290 g/mol. The lowest BCUT2D eigenvalue weighted by molar-refractivity contribution is -0.147. The predicted octanol–water partition coefficient (Wildman–Crippen LogP) is 1.63. The molecule has 21 heavy (non-hydrogen) atoms. The molecule has 0 unspecified atom stereocenters. The Bertz CT molecular complexity index is 569. The van der Waals surface area contributed by atoms with Crippen molar-refractivity contribution in [2.24, 2.45) is 0 Å². The summed E-state index contributed by atoms with van der Waals surface area (Å²) in [7, 11) is 0. The maximum atomic E-state index is 11.7. The number of carbonyl (C=O) groups is 3. The molecule has 112 valence electrons. The highest BCUT2D eigenvalue weighted by atomic mass is 16.5. The lowest BCUT2D eigenvalue weighted by Crippen LogP contribution is -2.28. The second-order valence-corrected chi connectivity index (χ2v) is 5.11. The van der Waals surface area contributed by atoms with Gasteiger partial charge >= 0.3 is 12.0 Å². The average molecular weight is 290 g/mol. The normalized spacial score (nSPS) is 14.5. The predicted molar refractivity (Wildman–Crippen MR) is 76.9 cm³/mol. The summed E-state index contributed by atoms with van der Waals surface area (Å²) in [5.74, 6) is -0.601. The first-order chi connectivity index (χ1) is 9.97. The van der Waals surface area contributed by atoms with Gasteiger partial charge in [-0.3, -0.25) is 19.8 Å². The minimum atomic E-state index is -0.433. The van der Waals surface area contributed by atoms with E-state index in [9.17, 15) is 14.4 Å². The Morgan fingerprint density at radius 1 is 1.33 bits per heavy atom. The topological polar surface area (TPSA) is 75.7 Å². The Morgan fingerprint density at radius 2 is 2.05 bits per heavy atom. The van der Waals surface area contributed by atoms with E-state index in [0.29, 0.717) is 12.1 Å². The van der Waals surface area contributed by atoms with Crippen LogP contribution in [0.4, 0.5) is 10.5 Å². The van der Waals surface area contributed by atoms with Gasteiger partial charge in [0.1, 0.15) is 6.54 Å². The van der Waals surface area contributed by atoms with Crippen LogP contribution in [0.5, 0.6) is 0 Å². The van der Waals surface area contributed by atoms with E-state index < -0.39 is 6.03 Å². The van der Waals surface area contributed by atoms with Crippen molar-refractivity contribution in [3.05, 3.63) is 29.8 Å². The fourth-order valence-corrected chi connectivity index (χ4v) is 2.18.